The first-order chi connectivity index (χ1) is 10.2. The largest absolute Gasteiger partial charge is 0.494 e. The van der Waals surface area contributed by atoms with Crippen molar-refractivity contribution >= 4 is 0 Å². The van der Waals surface area contributed by atoms with Gasteiger partial charge in [-0.2, -0.15) is 0 Å². The summed E-state index contributed by atoms with van der Waals surface area (Å²) in [6.45, 7) is 6.17. The topological polar surface area (TPSA) is 35.2 Å². The van der Waals surface area contributed by atoms with Gasteiger partial charge in [0.05, 0.1) is 6.61 Å². The van der Waals surface area contributed by atoms with Crippen LogP contribution >= 0.6 is 0 Å². The average molecular weight is 289 g/mol. The highest BCUT2D eigenvalue weighted by atomic mass is 16.5. The SMILES string of the molecule is CCCCOc1ccc(C2(CC(C)CCN)CCC2)cc1. The van der Waals surface area contributed by atoms with Crippen LogP contribution in [0.1, 0.15) is 64.4 Å². The Kier molecular flexibility index (Phi) is 6.10. The van der Waals surface area contributed by atoms with Crippen molar-refractivity contribution in [3.8, 4) is 5.75 Å². The van der Waals surface area contributed by atoms with E-state index in [0.29, 0.717) is 5.41 Å². The second-order valence-electron chi connectivity index (χ2n) is 6.75. The van der Waals surface area contributed by atoms with Gasteiger partial charge in [-0.15, -0.1) is 0 Å². The maximum Gasteiger partial charge on any atom is 0.119 e. The molecule has 0 aromatic heterocycles. The molecular formula is C19H31NO. The highest BCUT2D eigenvalue weighted by Gasteiger charge is 2.39. The van der Waals surface area contributed by atoms with Crippen molar-refractivity contribution in [1.82, 2.24) is 0 Å². The molecule has 2 heteroatoms. The molecule has 0 saturated heterocycles. The van der Waals surface area contributed by atoms with E-state index in [2.05, 4.69) is 38.1 Å². The molecule has 0 radical (unpaired) electrons. The first-order valence-corrected chi connectivity index (χ1v) is 8.63. The standard InChI is InChI=1S/C19H31NO/c1-3-4-14-21-18-8-6-17(7-9-18)19(11-5-12-19)15-16(2)10-13-20/h6-9,16H,3-5,10-15,20H2,1-2H3. The van der Waals surface area contributed by atoms with Crippen LogP contribution in [0.3, 0.4) is 0 Å². The molecule has 0 bridgehead atoms. The number of nitrogens with two attached hydrogens (primary N) is 1. The lowest BCUT2D eigenvalue weighted by atomic mass is 9.60. The Morgan fingerprint density at radius 1 is 1.24 bits per heavy atom. The zero-order valence-electron chi connectivity index (χ0n) is 13.7. The van der Waals surface area contributed by atoms with E-state index < -0.39 is 0 Å². The lowest BCUT2D eigenvalue weighted by molar-refractivity contribution is 0.191. The summed E-state index contributed by atoms with van der Waals surface area (Å²) in [5.41, 5.74) is 7.62. The molecule has 0 heterocycles. The first-order valence-electron chi connectivity index (χ1n) is 8.63. The monoisotopic (exact) mass is 289 g/mol. The van der Waals surface area contributed by atoms with E-state index in [-0.39, 0.29) is 0 Å². The minimum atomic E-state index is 0.413. The van der Waals surface area contributed by atoms with Crippen LogP contribution < -0.4 is 10.5 Å². The summed E-state index contributed by atoms with van der Waals surface area (Å²) in [5.74, 6) is 1.73. The van der Waals surface area contributed by atoms with E-state index in [9.17, 15) is 0 Å². The smallest absolute Gasteiger partial charge is 0.119 e. The predicted octanol–water partition coefficient (Wildman–Crippen LogP) is 4.66. The third-order valence-electron chi connectivity index (χ3n) is 4.94. The molecule has 1 aliphatic carbocycles. The molecular weight excluding hydrogens is 258 g/mol. The molecule has 1 saturated carbocycles. The molecule has 1 aromatic carbocycles. The second-order valence-corrected chi connectivity index (χ2v) is 6.75. The minimum absolute atomic E-state index is 0.413. The van der Waals surface area contributed by atoms with Crippen LogP contribution in [-0.4, -0.2) is 13.2 Å². The molecule has 1 aromatic rings. The van der Waals surface area contributed by atoms with Gasteiger partial charge in [-0.05, 0) is 67.7 Å². The number of ether oxygens (including phenoxy) is 1. The predicted molar refractivity (Wildman–Crippen MR) is 89.8 cm³/mol. The van der Waals surface area contributed by atoms with Gasteiger partial charge in [-0.1, -0.05) is 38.8 Å². The molecule has 1 atom stereocenters. The van der Waals surface area contributed by atoms with Gasteiger partial charge < -0.3 is 10.5 Å². The zero-order chi connectivity index (χ0) is 15.1. The molecule has 1 fully saturated rings. The Hall–Kier alpha value is -1.02. The van der Waals surface area contributed by atoms with Crippen molar-refractivity contribution in [3.05, 3.63) is 29.8 Å². The molecule has 1 aliphatic rings. The fraction of sp³-hybridized carbons (Fsp3) is 0.684. The summed E-state index contributed by atoms with van der Waals surface area (Å²) in [6.07, 6.45) is 8.75. The lowest BCUT2D eigenvalue weighted by Crippen LogP contribution is -2.36. The fourth-order valence-electron chi connectivity index (χ4n) is 3.51. The molecule has 1 unspecified atom stereocenters. The van der Waals surface area contributed by atoms with Crippen LogP contribution in [0.5, 0.6) is 5.75 Å². The van der Waals surface area contributed by atoms with Crippen LogP contribution in [0.4, 0.5) is 0 Å². The number of hydrogen-bond donors (Lipinski definition) is 1. The van der Waals surface area contributed by atoms with Crippen LogP contribution in [0.2, 0.25) is 0 Å². The Bertz CT molecular complexity index is 408. The second kappa shape index (κ2) is 7.84. The molecule has 2 N–H and O–H groups in total. The van der Waals surface area contributed by atoms with Crippen molar-refractivity contribution in [2.45, 2.75) is 64.2 Å². The van der Waals surface area contributed by atoms with Gasteiger partial charge in [0.2, 0.25) is 0 Å². The van der Waals surface area contributed by atoms with Gasteiger partial charge in [0.25, 0.3) is 0 Å². The molecule has 118 valence electrons. The Balaban J connectivity index is 1.98. The summed E-state index contributed by atoms with van der Waals surface area (Å²) in [7, 11) is 0. The third kappa shape index (κ3) is 4.23. The summed E-state index contributed by atoms with van der Waals surface area (Å²) in [6, 6.07) is 8.88. The summed E-state index contributed by atoms with van der Waals surface area (Å²) < 4.78 is 5.77. The van der Waals surface area contributed by atoms with Crippen LogP contribution in [0.15, 0.2) is 24.3 Å². The third-order valence-corrected chi connectivity index (χ3v) is 4.94. The van der Waals surface area contributed by atoms with Crippen molar-refractivity contribution in [3.63, 3.8) is 0 Å². The maximum absolute atomic E-state index is 5.77. The summed E-state index contributed by atoms with van der Waals surface area (Å²) in [4.78, 5) is 0. The van der Waals surface area contributed by atoms with Gasteiger partial charge in [-0.25, -0.2) is 0 Å². The fourth-order valence-corrected chi connectivity index (χ4v) is 3.51. The quantitative estimate of drug-likeness (QED) is 0.671. The van der Waals surface area contributed by atoms with Gasteiger partial charge >= 0.3 is 0 Å². The van der Waals surface area contributed by atoms with Gasteiger partial charge in [0, 0.05) is 0 Å². The lowest BCUT2D eigenvalue weighted by Gasteiger charge is -2.44. The normalized spacial score (nSPS) is 18.0. The van der Waals surface area contributed by atoms with Crippen molar-refractivity contribution in [2.24, 2.45) is 11.7 Å². The van der Waals surface area contributed by atoms with Gasteiger partial charge in [0.15, 0.2) is 0 Å². The minimum Gasteiger partial charge on any atom is -0.494 e. The number of unbranched alkanes of at least 4 members (excludes halogenated alkanes) is 1. The van der Waals surface area contributed by atoms with Crippen LogP contribution in [0, 0.1) is 5.92 Å². The van der Waals surface area contributed by atoms with Crippen LogP contribution in [0.25, 0.3) is 0 Å². The molecule has 2 nitrogen and oxygen atoms in total. The molecule has 21 heavy (non-hydrogen) atoms. The molecule has 0 amide bonds. The summed E-state index contributed by atoms with van der Waals surface area (Å²) >= 11 is 0. The number of rotatable bonds is 9. The van der Waals surface area contributed by atoms with E-state index >= 15 is 0 Å². The van der Waals surface area contributed by atoms with E-state index in [1.54, 1.807) is 0 Å². The number of hydrogen-bond acceptors (Lipinski definition) is 2. The van der Waals surface area contributed by atoms with E-state index in [1.165, 1.54) is 37.7 Å². The van der Waals surface area contributed by atoms with E-state index in [1.807, 2.05) is 0 Å². The highest BCUT2D eigenvalue weighted by molar-refractivity contribution is 5.34. The van der Waals surface area contributed by atoms with E-state index in [0.717, 1.165) is 37.7 Å². The maximum atomic E-state index is 5.77. The Morgan fingerprint density at radius 2 is 1.95 bits per heavy atom. The molecule has 0 aliphatic heterocycles. The molecule has 0 spiro atoms. The zero-order valence-corrected chi connectivity index (χ0v) is 13.7. The molecule has 2 rings (SSSR count). The first kappa shape index (κ1) is 16.4. The van der Waals surface area contributed by atoms with Crippen molar-refractivity contribution in [2.75, 3.05) is 13.2 Å². The Morgan fingerprint density at radius 3 is 2.48 bits per heavy atom. The average Bonchev–Trinajstić information content (AvgIpc) is 2.44. The Labute approximate surface area is 130 Å². The van der Waals surface area contributed by atoms with E-state index in [4.69, 9.17) is 10.5 Å². The van der Waals surface area contributed by atoms with Crippen molar-refractivity contribution in [1.29, 1.82) is 0 Å². The number of benzene rings is 1. The van der Waals surface area contributed by atoms with Gasteiger partial charge in [-0.3, -0.25) is 0 Å². The van der Waals surface area contributed by atoms with Gasteiger partial charge in [0.1, 0.15) is 5.75 Å². The van der Waals surface area contributed by atoms with Crippen LogP contribution in [-0.2, 0) is 5.41 Å². The highest BCUT2D eigenvalue weighted by Crippen LogP contribution is 2.48. The summed E-state index contributed by atoms with van der Waals surface area (Å²) in [5, 5.41) is 0. The van der Waals surface area contributed by atoms with Crippen molar-refractivity contribution < 1.29 is 4.74 Å².